The molecule has 3 aromatic carbocycles. The molecule has 0 aliphatic carbocycles. The summed E-state index contributed by atoms with van der Waals surface area (Å²) in [5.74, 6) is 1.66. The van der Waals surface area contributed by atoms with Crippen LogP contribution in [-0.4, -0.2) is 43.2 Å². The second-order valence-corrected chi connectivity index (χ2v) is 11.7. The highest BCUT2D eigenvalue weighted by molar-refractivity contribution is 7.99. The van der Waals surface area contributed by atoms with Gasteiger partial charge in [-0.25, -0.2) is 4.79 Å². The van der Waals surface area contributed by atoms with Gasteiger partial charge in [0.2, 0.25) is 0 Å². The van der Waals surface area contributed by atoms with Crippen molar-refractivity contribution in [1.82, 2.24) is 25.1 Å². The van der Waals surface area contributed by atoms with Crippen molar-refractivity contribution in [2.45, 2.75) is 44.8 Å². The molecule has 2 aromatic heterocycles. The van der Waals surface area contributed by atoms with Crippen molar-refractivity contribution in [2.24, 2.45) is 5.41 Å². The summed E-state index contributed by atoms with van der Waals surface area (Å²) < 4.78 is 2.23. The maximum Gasteiger partial charge on any atom is 0.404 e. The van der Waals surface area contributed by atoms with E-state index < -0.39 is 6.09 Å². The molecule has 7 nitrogen and oxygen atoms in total. The highest BCUT2D eigenvalue weighted by atomic mass is 32.2. The Morgan fingerprint density at radius 1 is 1.05 bits per heavy atom. The number of fused-ring (bicyclic) bond motifs is 2. The molecular weight excluding hydrogens is 494 g/mol. The molecule has 1 unspecified atom stereocenters. The van der Waals surface area contributed by atoms with E-state index in [1.165, 1.54) is 16.3 Å². The van der Waals surface area contributed by atoms with Crippen LogP contribution in [0, 0.1) is 5.41 Å². The molecule has 0 spiro atoms. The fourth-order valence-electron chi connectivity index (χ4n) is 5.04. The van der Waals surface area contributed by atoms with Gasteiger partial charge in [-0.3, -0.25) is 4.57 Å². The molecule has 38 heavy (non-hydrogen) atoms. The summed E-state index contributed by atoms with van der Waals surface area (Å²) in [6.45, 7) is 6.90. The number of nitrogens with zero attached hydrogens (tertiary/aromatic N) is 3. The molecule has 0 bridgehead atoms. The van der Waals surface area contributed by atoms with E-state index in [0.717, 1.165) is 39.6 Å². The number of aromatic amines is 1. The first-order chi connectivity index (χ1) is 18.3. The third kappa shape index (κ3) is 5.55. The van der Waals surface area contributed by atoms with Crippen LogP contribution in [0.15, 0.2) is 78.1 Å². The average molecular weight is 528 g/mol. The fraction of sp³-hybridized carbons (Fsp3) is 0.300. The predicted octanol–water partition coefficient (Wildman–Crippen LogP) is 7.16. The first-order valence-electron chi connectivity index (χ1n) is 12.9. The molecule has 3 N–H and O–H groups in total. The van der Waals surface area contributed by atoms with E-state index in [1.54, 1.807) is 11.8 Å². The summed E-state index contributed by atoms with van der Waals surface area (Å²) >= 11 is 1.70. The molecule has 8 heteroatoms. The molecule has 0 aliphatic heterocycles. The van der Waals surface area contributed by atoms with E-state index in [9.17, 15) is 9.90 Å². The molecule has 0 saturated heterocycles. The maximum absolute atomic E-state index is 11.2. The number of para-hydroxylation sites is 1. The molecule has 2 heterocycles. The highest BCUT2D eigenvalue weighted by Gasteiger charge is 2.31. The first kappa shape index (κ1) is 25.9. The molecule has 0 saturated carbocycles. The zero-order chi connectivity index (χ0) is 26.7. The lowest BCUT2D eigenvalue weighted by atomic mass is 9.84. The van der Waals surface area contributed by atoms with E-state index in [-0.39, 0.29) is 11.5 Å². The van der Waals surface area contributed by atoms with Crippen molar-refractivity contribution in [1.29, 1.82) is 0 Å². The number of nitrogens with one attached hydrogen (secondary N) is 2. The van der Waals surface area contributed by atoms with Gasteiger partial charge in [0, 0.05) is 41.0 Å². The summed E-state index contributed by atoms with van der Waals surface area (Å²) in [4.78, 5) is 14.6. The summed E-state index contributed by atoms with van der Waals surface area (Å²) in [7, 11) is 0. The lowest BCUT2D eigenvalue weighted by molar-refractivity contribution is 0.187. The second kappa shape index (κ2) is 10.9. The van der Waals surface area contributed by atoms with Gasteiger partial charge in [-0.1, -0.05) is 87.1 Å². The SMILES string of the molecule is CC(C)(C)C(CCNC(=O)O)n1c(SCCc2c[nH]c3ccccc23)nnc1-c1ccc2ccccc2c1. The van der Waals surface area contributed by atoms with Gasteiger partial charge in [-0.05, 0) is 46.7 Å². The Hall–Kier alpha value is -3.78. The summed E-state index contributed by atoms with van der Waals surface area (Å²) in [5.41, 5.74) is 3.28. The van der Waals surface area contributed by atoms with E-state index in [4.69, 9.17) is 0 Å². The van der Waals surface area contributed by atoms with Crippen molar-refractivity contribution in [3.63, 3.8) is 0 Å². The number of hydrogen-bond donors (Lipinski definition) is 3. The Balaban J connectivity index is 1.49. The minimum Gasteiger partial charge on any atom is -0.465 e. The van der Waals surface area contributed by atoms with E-state index in [0.29, 0.717) is 13.0 Å². The molecular formula is C30H33N5O2S. The Bertz CT molecular complexity index is 1570. The van der Waals surface area contributed by atoms with Crippen LogP contribution in [0.3, 0.4) is 0 Å². The largest absolute Gasteiger partial charge is 0.465 e. The number of thioether (sulfide) groups is 1. The quantitative estimate of drug-likeness (QED) is 0.177. The van der Waals surface area contributed by atoms with Gasteiger partial charge < -0.3 is 15.4 Å². The Morgan fingerprint density at radius 2 is 1.82 bits per heavy atom. The minimum atomic E-state index is -1.01. The molecule has 5 aromatic rings. The number of aryl methyl sites for hydroxylation is 1. The molecule has 5 rings (SSSR count). The van der Waals surface area contributed by atoms with Crippen LogP contribution < -0.4 is 5.32 Å². The third-order valence-corrected chi connectivity index (χ3v) is 7.90. The standard InChI is InChI=1S/C30H33N5O2S/c1-30(2,3)26(14-16-31-29(36)37)35-27(22-13-12-20-8-4-5-9-21(20)18-22)33-34-28(35)38-17-15-23-19-32-25-11-7-6-10-24(23)25/h4-13,18-19,26,31-32H,14-17H2,1-3H3,(H,36,37). The number of benzene rings is 3. The normalized spacial score (nSPS) is 12.7. The summed E-state index contributed by atoms with van der Waals surface area (Å²) in [5, 5.41) is 25.5. The van der Waals surface area contributed by atoms with Crippen molar-refractivity contribution in [3.05, 3.63) is 78.5 Å². The van der Waals surface area contributed by atoms with Crippen LogP contribution in [0.2, 0.25) is 0 Å². The number of aromatic nitrogens is 4. The van der Waals surface area contributed by atoms with Gasteiger partial charge in [-0.2, -0.15) is 0 Å². The number of rotatable bonds is 9. The van der Waals surface area contributed by atoms with Crippen LogP contribution in [0.25, 0.3) is 33.1 Å². The third-order valence-electron chi connectivity index (χ3n) is 6.96. The monoisotopic (exact) mass is 527 g/mol. The van der Waals surface area contributed by atoms with Gasteiger partial charge in [0.1, 0.15) is 0 Å². The Labute approximate surface area is 226 Å². The van der Waals surface area contributed by atoms with Gasteiger partial charge in [0.05, 0.1) is 0 Å². The molecule has 196 valence electrons. The smallest absolute Gasteiger partial charge is 0.404 e. The summed E-state index contributed by atoms with van der Waals surface area (Å²) in [6, 6.07) is 23.0. The Kier molecular flexibility index (Phi) is 7.42. The predicted molar refractivity (Wildman–Crippen MR) is 155 cm³/mol. The highest BCUT2D eigenvalue weighted by Crippen LogP contribution is 2.39. The Morgan fingerprint density at radius 3 is 2.61 bits per heavy atom. The van der Waals surface area contributed by atoms with Crippen molar-refractivity contribution in [2.75, 3.05) is 12.3 Å². The van der Waals surface area contributed by atoms with Crippen molar-refractivity contribution < 1.29 is 9.90 Å². The summed E-state index contributed by atoms with van der Waals surface area (Å²) in [6.07, 6.45) is 2.61. The van der Waals surface area contributed by atoms with Crippen LogP contribution in [0.5, 0.6) is 0 Å². The number of carbonyl (C=O) groups is 1. The molecule has 1 amide bonds. The van der Waals surface area contributed by atoms with Crippen LogP contribution in [-0.2, 0) is 6.42 Å². The van der Waals surface area contributed by atoms with E-state index in [1.807, 2.05) is 18.2 Å². The van der Waals surface area contributed by atoms with Crippen LogP contribution in [0.4, 0.5) is 4.79 Å². The van der Waals surface area contributed by atoms with Gasteiger partial charge in [0.25, 0.3) is 0 Å². The van der Waals surface area contributed by atoms with Crippen LogP contribution in [0.1, 0.15) is 38.8 Å². The fourth-order valence-corrected chi connectivity index (χ4v) is 5.99. The maximum atomic E-state index is 11.2. The molecule has 0 fully saturated rings. The van der Waals surface area contributed by atoms with Gasteiger partial charge >= 0.3 is 6.09 Å². The van der Waals surface area contributed by atoms with Gasteiger partial charge in [0.15, 0.2) is 11.0 Å². The molecule has 0 aliphatic rings. The zero-order valence-electron chi connectivity index (χ0n) is 21.9. The van der Waals surface area contributed by atoms with Crippen LogP contribution >= 0.6 is 11.8 Å². The van der Waals surface area contributed by atoms with E-state index >= 15 is 0 Å². The van der Waals surface area contributed by atoms with Gasteiger partial charge in [-0.15, -0.1) is 10.2 Å². The second-order valence-electron chi connectivity index (χ2n) is 10.6. The average Bonchev–Trinajstić information content (AvgIpc) is 3.50. The van der Waals surface area contributed by atoms with E-state index in [2.05, 4.69) is 101 Å². The minimum absolute atomic E-state index is 0.0126. The molecule has 1 atom stereocenters. The molecule has 0 radical (unpaired) electrons. The van der Waals surface area contributed by atoms with Crippen molar-refractivity contribution in [3.8, 4) is 11.4 Å². The topological polar surface area (TPSA) is 95.8 Å². The number of amides is 1. The van der Waals surface area contributed by atoms with Crippen molar-refractivity contribution >= 4 is 39.5 Å². The zero-order valence-corrected chi connectivity index (χ0v) is 22.8. The first-order valence-corrected chi connectivity index (χ1v) is 13.9. The number of carboxylic acid groups (broad SMARTS) is 1. The number of H-pyrrole nitrogens is 1. The lowest BCUT2D eigenvalue weighted by Gasteiger charge is -2.33. The number of hydrogen-bond acceptors (Lipinski definition) is 4. The lowest BCUT2D eigenvalue weighted by Crippen LogP contribution is -2.31.